The molecule has 0 aromatic heterocycles. The minimum Gasteiger partial charge on any atom is -0.493 e. The van der Waals surface area contributed by atoms with Gasteiger partial charge in [-0.3, -0.25) is 4.79 Å². The summed E-state index contributed by atoms with van der Waals surface area (Å²) in [5.41, 5.74) is 0.498. The summed E-state index contributed by atoms with van der Waals surface area (Å²) in [6.07, 6.45) is 0.951. The fourth-order valence-corrected chi connectivity index (χ4v) is 2.29. The first kappa shape index (κ1) is 13.7. The van der Waals surface area contributed by atoms with E-state index in [9.17, 15) is 9.90 Å². The van der Waals surface area contributed by atoms with Crippen LogP contribution in [0.3, 0.4) is 0 Å². The van der Waals surface area contributed by atoms with E-state index >= 15 is 0 Å². The maximum atomic E-state index is 12.5. The minimum absolute atomic E-state index is 0.0809. The lowest BCUT2D eigenvalue weighted by atomic mass is 10.1. The Morgan fingerprint density at radius 3 is 2.53 bits per heavy atom. The summed E-state index contributed by atoms with van der Waals surface area (Å²) < 4.78 is 10.5. The van der Waals surface area contributed by atoms with Crippen molar-refractivity contribution in [3.63, 3.8) is 0 Å². The summed E-state index contributed by atoms with van der Waals surface area (Å²) in [6, 6.07) is 5.26. The molecule has 5 heteroatoms. The molecular formula is C14H19NO4. The topological polar surface area (TPSA) is 59.0 Å². The van der Waals surface area contributed by atoms with Gasteiger partial charge in [-0.1, -0.05) is 6.07 Å². The molecule has 1 fully saturated rings. The van der Waals surface area contributed by atoms with Crippen LogP contribution in [0.5, 0.6) is 11.5 Å². The molecule has 1 N–H and O–H groups in total. The van der Waals surface area contributed by atoms with Gasteiger partial charge in [-0.05, 0) is 25.0 Å². The third-order valence-corrected chi connectivity index (χ3v) is 3.39. The van der Waals surface area contributed by atoms with E-state index in [1.54, 1.807) is 30.2 Å². The van der Waals surface area contributed by atoms with Crippen molar-refractivity contribution in [3.8, 4) is 11.5 Å². The van der Waals surface area contributed by atoms with Gasteiger partial charge < -0.3 is 19.5 Å². The molecule has 1 amide bonds. The molecule has 1 aromatic rings. The van der Waals surface area contributed by atoms with Gasteiger partial charge in [0, 0.05) is 13.1 Å². The summed E-state index contributed by atoms with van der Waals surface area (Å²) in [5.74, 6) is 0.925. The molecule has 0 spiro atoms. The van der Waals surface area contributed by atoms with E-state index in [1.165, 1.54) is 7.11 Å². The molecule has 5 nitrogen and oxygen atoms in total. The zero-order valence-electron chi connectivity index (χ0n) is 11.3. The van der Waals surface area contributed by atoms with Crippen LogP contribution in [0.2, 0.25) is 0 Å². The third-order valence-electron chi connectivity index (χ3n) is 3.39. The Bertz CT molecular complexity index is 453. The highest BCUT2D eigenvalue weighted by Gasteiger charge is 2.25. The number of nitrogens with zero attached hydrogens (tertiary/aromatic N) is 1. The van der Waals surface area contributed by atoms with Crippen molar-refractivity contribution in [2.24, 2.45) is 0 Å². The standard InChI is InChI=1S/C14H19NO4/c1-18-12-5-3-4-11(13(12)19-2)14(17)15-8-6-10(16)7-9-15/h3-5,10,16H,6-9H2,1-2H3. The summed E-state index contributed by atoms with van der Waals surface area (Å²) in [4.78, 5) is 14.2. The molecule has 0 radical (unpaired) electrons. The van der Waals surface area contributed by atoms with Crippen LogP contribution in [0.1, 0.15) is 23.2 Å². The van der Waals surface area contributed by atoms with Gasteiger partial charge in [-0.2, -0.15) is 0 Å². The molecule has 1 aromatic carbocycles. The number of carbonyl (C=O) groups excluding carboxylic acids is 1. The number of benzene rings is 1. The summed E-state index contributed by atoms with van der Waals surface area (Å²) in [6.45, 7) is 1.14. The Morgan fingerprint density at radius 1 is 1.26 bits per heavy atom. The zero-order chi connectivity index (χ0) is 13.8. The van der Waals surface area contributed by atoms with Gasteiger partial charge in [0.1, 0.15) is 0 Å². The first-order chi connectivity index (χ1) is 9.17. The maximum absolute atomic E-state index is 12.5. The van der Waals surface area contributed by atoms with Crippen LogP contribution < -0.4 is 9.47 Å². The zero-order valence-corrected chi connectivity index (χ0v) is 11.3. The lowest BCUT2D eigenvalue weighted by molar-refractivity contribution is 0.0543. The SMILES string of the molecule is COc1cccc(C(=O)N2CCC(O)CC2)c1OC. The quantitative estimate of drug-likeness (QED) is 0.895. The number of aliphatic hydroxyl groups excluding tert-OH is 1. The van der Waals surface area contributed by atoms with Gasteiger partial charge in [0.25, 0.3) is 5.91 Å². The van der Waals surface area contributed by atoms with Gasteiger partial charge in [0.15, 0.2) is 11.5 Å². The van der Waals surface area contributed by atoms with E-state index in [2.05, 4.69) is 0 Å². The second-order valence-electron chi connectivity index (χ2n) is 4.56. The van der Waals surface area contributed by atoms with E-state index < -0.39 is 0 Å². The first-order valence-corrected chi connectivity index (χ1v) is 6.35. The van der Waals surface area contributed by atoms with E-state index in [1.807, 2.05) is 0 Å². The molecule has 0 atom stereocenters. The Morgan fingerprint density at radius 2 is 1.95 bits per heavy atom. The van der Waals surface area contributed by atoms with Gasteiger partial charge in [-0.25, -0.2) is 0 Å². The summed E-state index contributed by atoms with van der Waals surface area (Å²) >= 11 is 0. The lowest BCUT2D eigenvalue weighted by Gasteiger charge is -2.30. The van der Waals surface area contributed by atoms with E-state index in [0.29, 0.717) is 43.0 Å². The highest BCUT2D eigenvalue weighted by molar-refractivity contribution is 5.97. The van der Waals surface area contributed by atoms with Crippen LogP contribution in [0, 0.1) is 0 Å². The van der Waals surface area contributed by atoms with Gasteiger partial charge in [0.2, 0.25) is 0 Å². The number of hydrogen-bond acceptors (Lipinski definition) is 4. The monoisotopic (exact) mass is 265 g/mol. The Labute approximate surface area is 112 Å². The molecule has 1 heterocycles. The molecule has 0 aliphatic carbocycles. The van der Waals surface area contributed by atoms with Gasteiger partial charge in [-0.15, -0.1) is 0 Å². The van der Waals surface area contributed by atoms with Gasteiger partial charge in [0.05, 0.1) is 25.9 Å². The van der Waals surface area contributed by atoms with Crippen LogP contribution in [-0.4, -0.2) is 49.3 Å². The number of amides is 1. The number of ether oxygens (including phenoxy) is 2. The van der Waals surface area contributed by atoms with Crippen LogP contribution in [-0.2, 0) is 0 Å². The minimum atomic E-state index is -0.295. The van der Waals surface area contributed by atoms with Crippen molar-refractivity contribution in [2.45, 2.75) is 18.9 Å². The predicted octanol–water partition coefficient (Wildman–Crippen LogP) is 1.30. The number of aliphatic hydroxyl groups is 1. The molecule has 0 unspecified atom stereocenters. The van der Waals surface area contributed by atoms with Crippen molar-refractivity contribution in [1.82, 2.24) is 4.90 Å². The molecule has 1 saturated heterocycles. The second kappa shape index (κ2) is 5.93. The van der Waals surface area contributed by atoms with Crippen molar-refractivity contribution in [2.75, 3.05) is 27.3 Å². The van der Waals surface area contributed by atoms with Crippen molar-refractivity contribution in [1.29, 1.82) is 0 Å². The molecule has 0 bridgehead atoms. The highest BCUT2D eigenvalue weighted by Crippen LogP contribution is 2.31. The highest BCUT2D eigenvalue weighted by atomic mass is 16.5. The van der Waals surface area contributed by atoms with Crippen LogP contribution in [0.4, 0.5) is 0 Å². The number of para-hydroxylation sites is 1. The van der Waals surface area contributed by atoms with E-state index in [-0.39, 0.29) is 12.0 Å². The van der Waals surface area contributed by atoms with Crippen molar-refractivity contribution < 1.29 is 19.4 Å². The third kappa shape index (κ3) is 2.81. The van der Waals surface area contributed by atoms with Crippen LogP contribution in [0.15, 0.2) is 18.2 Å². The number of rotatable bonds is 3. The lowest BCUT2D eigenvalue weighted by Crippen LogP contribution is -2.40. The molecule has 0 saturated carbocycles. The Hall–Kier alpha value is -1.75. The largest absolute Gasteiger partial charge is 0.493 e. The van der Waals surface area contributed by atoms with Crippen LogP contribution in [0.25, 0.3) is 0 Å². The van der Waals surface area contributed by atoms with Crippen molar-refractivity contribution in [3.05, 3.63) is 23.8 Å². The molecule has 1 aliphatic heterocycles. The van der Waals surface area contributed by atoms with Crippen molar-refractivity contribution >= 4 is 5.91 Å². The fraction of sp³-hybridized carbons (Fsp3) is 0.500. The number of carbonyl (C=O) groups is 1. The maximum Gasteiger partial charge on any atom is 0.257 e. The average molecular weight is 265 g/mol. The summed E-state index contributed by atoms with van der Waals surface area (Å²) in [7, 11) is 3.07. The van der Waals surface area contributed by atoms with Gasteiger partial charge >= 0.3 is 0 Å². The molecular weight excluding hydrogens is 246 g/mol. The van der Waals surface area contributed by atoms with Crippen LogP contribution >= 0.6 is 0 Å². The fourth-order valence-electron chi connectivity index (χ4n) is 2.29. The molecule has 2 rings (SSSR count). The molecule has 104 valence electrons. The normalized spacial score (nSPS) is 16.3. The average Bonchev–Trinajstić information content (AvgIpc) is 2.46. The number of methoxy groups -OCH3 is 2. The van der Waals surface area contributed by atoms with E-state index in [4.69, 9.17) is 9.47 Å². The Kier molecular flexibility index (Phi) is 4.27. The van der Waals surface area contributed by atoms with E-state index in [0.717, 1.165) is 0 Å². The molecule has 19 heavy (non-hydrogen) atoms. The number of hydrogen-bond donors (Lipinski definition) is 1. The number of likely N-dealkylation sites (tertiary alicyclic amines) is 1. The molecule has 1 aliphatic rings. The smallest absolute Gasteiger partial charge is 0.257 e. The second-order valence-corrected chi connectivity index (χ2v) is 4.56. The predicted molar refractivity (Wildman–Crippen MR) is 70.7 cm³/mol. The summed E-state index contributed by atoms with van der Waals surface area (Å²) in [5, 5.41) is 9.48. The number of piperidine rings is 1. The Balaban J connectivity index is 2.23. The first-order valence-electron chi connectivity index (χ1n) is 6.35.